The molecule has 0 aliphatic carbocycles. The van der Waals surface area contributed by atoms with E-state index in [0.717, 1.165) is 0 Å². The van der Waals surface area contributed by atoms with Crippen molar-refractivity contribution in [3.8, 4) is 0 Å². The van der Waals surface area contributed by atoms with Crippen molar-refractivity contribution >= 4 is 23.6 Å². The maximum absolute atomic E-state index is 14.6. The van der Waals surface area contributed by atoms with Gasteiger partial charge in [-0.25, -0.2) is 9.18 Å². The number of hydrogen-bond donors (Lipinski definition) is 1. The molecule has 7 nitrogen and oxygen atoms in total. The first-order valence-corrected chi connectivity index (χ1v) is 9.65. The lowest BCUT2D eigenvalue weighted by Crippen LogP contribution is -2.48. The van der Waals surface area contributed by atoms with Crippen LogP contribution in [0.2, 0.25) is 5.02 Å². The van der Waals surface area contributed by atoms with E-state index in [-0.39, 0.29) is 31.7 Å². The second-order valence-corrected chi connectivity index (χ2v) is 7.09. The standard InChI is InChI=1S/C19H27ClFN3O4/c1-4-27-19(26)23(3)12-17(25)22-10-16(24-8-9-28-13(2)11-24)18-14(20)6-5-7-15(18)21/h5-7,13,16H,4,8-12H2,1-3H3,(H,22,25)/t13-,16+/m1/s1. The van der Waals surface area contributed by atoms with Crippen LogP contribution in [0.1, 0.15) is 25.5 Å². The first-order valence-electron chi connectivity index (χ1n) is 9.27. The van der Waals surface area contributed by atoms with Crippen LogP contribution in [0.5, 0.6) is 0 Å². The summed E-state index contributed by atoms with van der Waals surface area (Å²) in [6.45, 7) is 5.57. The molecule has 1 aromatic rings. The monoisotopic (exact) mass is 415 g/mol. The zero-order valence-corrected chi connectivity index (χ0v) is 17.2. The van der Waals surface area contributed by atoms with E-state index in [2.05, 4.69) is 5.32 Å². The van der Waals surface area contributed by atoms with Gasteiger partial charge in [0.2, 0.25) is 5.91 Å². The van der Waals surface area contributed by atoms with Crippen molar-refractivity contribution in [2.75, 3.05) is 46.4 Å². The molecule has 2 rings (SSSR count). The molecule has 1 aliphatic rings. The van der Waals surface area contributed by atoms with Gasteiger partial charge in [-0.15, -0.1) is 0 Å². The summed E-state index contributed by atoms with van der Waals surface area (Å²) in [5.74, 6) is -0.788. The van der Waals surface area contributed by atoms with Crippen molar-refractivity contribution in [2.24, 2.45) is 0 Å². The van der Waals surface area contributed by atoms with Crippen molar-refractivity contribution in [1.82, 2.24) is 15.1 Å². The molecule has 0 bridgehead atoms. The Morgan fingerprint density at radius 3 is 2.89 bits per heavy atom. The Hall–Kier alpha value is -1.90. The first kappa shape index (κ1) is 22.4. The van der Waals surface area contributed by atoms with Crippen molar-refractivity contribution in [3.05, 3.63) is 34.6 Å². The van der Waals surface area contributed by atoms with Gasteiger partial charge in [-0.2, -0.15) is 0 Å². The molecular formula is C19H27ClFN3O4. The van der Waals surface area contributed by atoms with Gasteiger partial charge in [0.25, 0.3) is 0 Å². The number of nitrogens with one attached hydrogen (secondary N) is 1. The van der Waals surface area contributed by atoms with E-state index < -0.39 is 18.0 Å². The Labute approximate surface area is 169 Å². The normalized spacial score (nSPS) is 18.4. The summed E-state index contributed by atoms with van der Waals surface area (Å²) in [6, 6.07) is 4.09. The van der Waals surface area contributed by atoms with Crippen LogP contribution in [-0.4, -0.2) is 74.3 Å². The number of hydrogen-bond acceptors (Lipinski definition) is 5. The minimum Gasteiger partial charge on any atom is -0.450 e. The van der Waals surface area contributed by atoms with Gasteiger partial charge in [0.15, 0.2) is 0 Å². The average Bonchev–Trinajstić information content (AvgIpc) is 2.64. The number of nitrogens with zero attached hydrogens (tertiary/aromatic N) is 2. The minimum absolute atomic E-state index is 0.00699. The highest BCUT2D eigenvalue weighted by Gasteiger charge is 2.29. The van der Waals surface area contributed by atoms with Gasteiger partial charge >= 0.3 is 6.09 Å². The van der Waals surface area contributed by atoms with E-state index in [1.807, 2.05) is 11.8 Å². The second-order valence-electron chi connectivity index (χ2n) is 6.69. The van der Waals surface area contributed by atoms with E-state index in [4.69, 9.17) is 21.1 Å². The molecule has 1 aliphatic heterocycles. The van der Waals surface area contributed by atoms with Gasteiger partial charge in [0.05, 0.1) is 25.4 Å². The van der Waals surface area contributed by atoms with Crippen molar-refractivity contribution in [2.45, 2.75) is 26.0 Å². The van der Waals surface area contributed by atoms with E-state index in [1.165, 1.54) is 18.0 Å². The highest BCUT2D eigenvalue weighted by atomic mass is 35.5. The number of halogens is 2. The Kier molecular flexibility index (Phi) is 8.47. The Morgan fingerprint density at radius 2 is 2.25 bits per heavy atom. The van der Waals surface area contributed by atoms with Crippen LogP contribution in [0, 0.1) is 5.82 Å². The highest BCUT2D eigenvalue weighted by molar-refractivity contribution is 6.31. The zero-order valence-electron chi connectivity index (χ0n) is 16.4. The molecular weight excluding hydrogens is 389 g/mol. The number of rotatable bonds is 7. The van der Waals surface area contributed by atoms with Crippen LogP contribution in [-0.2, 0) is 14.3 Å². The fraction of sp³-hybridized carbons (Fsp3) is 0.579. The second kappa shape index (κ2) is 10.6. The molecule has 0 saturated carbocycles. The zero-order chi connectivity index (χ0) is 20.7. The van der Waals surface area contributed by atoms with Crippen molar-refractivity contribution < 1.29 is 23.5 Å². The molecule has 1 fully saturated rings. The number of likely N-dealkylation sites (N-methyl/N-ethyl adjacent to an activating group) is 1. The van der Waals surface area contributed by atoms with E-state index >= 15 is 0 Å². The van der Waals surface area contributed by atoms with Crippen LogP contribution in [0.15, 0.2) is 18.2 Å². The third-order valence-corrected chi connectivity index (χ3v) is 4.83. The van der Waals surface area contributed by atoms with Crippen LogP contribution in [0.25, 0.3) is 0 Å². The summed E-state index contributed by atoms with van der Waals surface area (Å²) < 4.78 is 25.0. The number of benzene rings is 1. The fourth-order valence-electron chi connectivity index (χ4n) is 3.15. The molecule has 2 amide bonds. The van der Waals surface area contributed by atoms with E-state index in [1.54, 1.807) is 19.1 Å². The predicted octanol–water partition coefficient (Wildman–Crippen LogP) is 2.45. The molecule has 0 spiro atoms. The molecule has 1 aromatic carbocycles. The fourth-order valence-corrected chi connectivity index (χ4v) is 3.44. The molecule has 156 valence electrons. The van der Waals surface area contributed by atoms with Gasteiger partial charge in [-0.3, -0.25) is 9.69 Å². The molecule has 1 heterocycles. The number of carbonyl (C=O) groups is 2. The van der Waals surface area contributed by atoms with Gasteiger partial charge in [-0.05, 0) is 26.0 Å². The number of carbonyl (C=O) groups excluding carboxylic acids is 2. The Bertz CT molecular complexity index is 671. The molecule has 0 aromatic heterocycles. The molecule has 1 saturated heterocycles. The first-order chi connectivity index (χ1) is 13.3. The molecule has 1 N–H and O–H groups in total. The molecule has 9 heteroatoms. The van der Waals surface area contributed by atoms with Crippen LogP contribution < -0.4 is 5.32 Å². The maximum Gasteiger partial charge on any atom is 0.409 e. The van der Waals surface area contributed by atoms with Crippen LogP contribution in [0.3, 0.4) is 0 Å². The molecule has 0 radical (unpaired) electrons. The van der Waals surface area contributed by atoms with Crippen LogP contribution >= 0.6 is 11.6 Å². The third kappa shape index (κ3) is 6.05. The quantitative estimate of drug-likeness (QED) is 0.740. The summed E-state index contributed by atoms with van der Waals surface area (Å²) in [7, 11) is 1.48. The largest absolute Gasteiger partial charge is 0.450 e. The number of morpholine rings is 1. The molecule has 2 atom stereocenters. The number of ether oxygens (including phenoxy) is 2. The average molecular weight is 416 g/mol. The van der Waals surface area contributed by atoms with Crippen LogP contribution in [0.4, 0.5) is 9.18 Å². The van der Waals surface area contributed by atoms with Crippen molar-refractivity contribution in [1.29, 1.82) is 0 Å². The Balaban J connectivity index is 2.10. The SMILES string of the molecule is CCOC(=O)N(C)CC(=O)NC[C@@H](c1c(F)cccc1Cl)N1CCO[C@H](C)C1. The van der Waals surface area contributed by atoms with Gasteiger partial charge in [0, 0.05) is 37.3 Å². The van der Waals surface area contributed by atoms with Crippen molar-refractivity contribution in [3.63, 3.8) is 0 Å². The summed E-state index contributed by atoms with van der Waals surface area (Å²) in [4.78, 5) is 27.2. The number of amides is 2. The summed E-state index contributed by atoms with van der Waals surface area (Å²) in [5, 5.41) is 3.09. The minimum atomic E-state index is -0.576. The summed E-state index contributed by atoms with van der Waals surface area (Å²) in [5.41, 5.74) is 0.345. The Morgan fingerprint density at radius 1 is 1.50 bits per heavy atom. The topological polar surface area (TPSA) is 71.1 Å². The maximum atomic E-state index is 14.6. The van der Waals surface area contributed by atoms with E-state index in [0.29, 0.717) is 30.3 Å². The van der Waals surface area contributed by atoms with Gasteiger partial charge in [0.1, 0.15) is 12.4 Å². The molecule has 28 heavy (non-hydrogen) atoms. The van der Waals surface area contributed by atoms with E-state index in [9.17, 15) is 14.0 Å². The lowest BCUT2D eigenvalue weighted by molar-refractivity contribution is -0.122. The highest BCUT2D eigenvalue weighted by Crippen LogP contribution is 2.31. The lowest BCUT2D eigenvalue weighted by atomic mass is 10.0. The predicted molar refractivity (Wildman–Crippen MR) is 104 cm³/mol. The smallest absolute Gasteiger partial charge is 0.409 e. The molecule has 0 unspecified atom stereocenters. The lowest BCUT2D eigenvalue weighted by Gasteiger charge is -2.38. The third-order valence-electron chi connectivity index (χ3n) is 4.50. The summed E-state index contributed by atoms with van der Waals surface area (Å²) >= 11 is 6.28. The summed E-state index contributed by atoms with van der Waals surface area (Å²) in [6.07, 6.45) is -0.583. The van der Waals surface area contributed by atoms with Gasteiger partial charge in [-0.1, -0.05) is 17.7 Å². The van der Waals surface area contributed by atoms with Gasteiger partial charge < -0.3 is 19.7 Å².